The molecule has 0 aromatic heterocycles. The summed E-state index contributed by atoms with van der Waals surface area (Å²) >= 11 is 0. The average molecular weight is 231 g/mol. The van der Waals surface area contributed by atoms with E-state index in [0.29, 0.717) is 6.04 Å². The maximum Gasteiger partial charge on any atom is 0.00986 e. The molecule has 2 rings (SSSR count). The molecule has 3 unspecified atom stereocenters. The first-order valence-electron chi connectivity index (χ1n) is 6.93. The summed E-state index contributed by atoms with van der Waals surface area (Å²) in [5, 5.41) is 3.62. The van der Waals surface area contributed by atoms with Crippen LogP contribution in [0.25, 0.3) is 0 Å². The van der Waals surface area contributed by atoms with Crippen LogP contribution in [-0.4, -0.2) is 12.6 Å². The second-order valence-corrected chi connectivity index (χ2v) is 5.63. The van der Waals surface area contributed by atoms with Gasteiger partial charge in [-0.15, -0.1) is 0 Å². The van der Waals surface area contributed by atoms with Crippen LogP contribution in [0.1, 0.15) is 49.3 Å². The molecule has 0 radical (unpaired) electrons. The Morgan fingerprint density at radius 3 is 2.35 bits per heavy atom. The fourth-order valence-electron chi connectivity index (χ4n) is 3.41. The highest BCUT2D eigenvalue weighted by Gasteiger charge is 2.33. The molecule has 1 heteroatoms. The van der Waals surface area contributed by atoms with Gasteiger partial charge in [-0.3, -0.25) is 0 Å². The van der Waals surface area contributed by atoms with Crippen molar-refractivity contribution >= 4 is 0 Å². The number of benzene rings is 1. The predicted molar refractivity (Wildman–Crippen MR) is 74.5 cm³/mol. The van der Waals surface area contributed by atoms with Crippen LogP contribution in [0.15, 0.2) is 18.2 Å². The quantitative estimate of drug-likeness (QED) is 0.834. The fraction of sp³-hybridized carbons (Fsp3) is 0.625. The molecule has 1 aromatic rings. The lowest BCUT2D eigenvalue weighted by atomic mass is 9.87. The molecule has 0 aliphatic heterocycles. The highest BCUT2D eigenvalue weighted by molar-refractivity contribution is 5.32. The minimum atomic E-state index is 0.714. The van der Waals surface area contributed by atoms with E-state index in [9.17, 15) is 0 Å². The molecule has 1 aromatic carbocycles. The molecular weight excluding hydrogens is 206 g/mol. The SMILES string of the molecule is CCNC1CCC(c2cc(C)cc(C)c2)C1C. The first-order valence-corrected chi connectivity index (χ1v) is 6.93. The standard InChI is InChI=1S/C16H25N/c1-5-17-16-7-6-15(13(16)4)14-9-11(2)8-12(3)10-14/h8-10,13,15-17H,5-7H2,1-4H3. The third-order valence-electron chi connectivity index (χ3n) is 4.20. The monoisotopic (exact) mass is 231 g/mol. The van der Waals surface area contributed by atoms with Crippen molar-refractivity contribution in [3.63, 3.8) is 0 Å². The van der Waals surface area contributed by atoms with Crippen molar-refractivity contribution in [1.29, 1.82) is 0 Å². The Morgan fingerprint density at radius 2 is 1.76 bits per heavy atom. The van der Waals surface area contributed by atoms with Crippen LogP contribution in [0.5, 0.6) is 0 Å². The minimum Gasteiger partial charge on any atom is -0.314 e. The summed E-state index contributed by atoms with van der Waals surface area (Å²) in [4.78, 5) is 0. The molecule has 1 aliphatic rings. The number of nitrogens with one attached hydrogen (secondary N) is 1. The van der Waals surface area contributed by atoms with E-state index in [4.69, 9.17) is 0 Å². The van der Waals surface area contributed by atoms with Crippen LogP contribution < -0.4 is 5.32 Å². The van der Waals surface area contributed by atoms with Gasteiger partial charge in [-0.2, -0.15) is 0 Å². The fourth-order valence-corrected chi connectivity index (χ4v) is 3.41. The molecule has 0 amide bonds. The second-order valence-electron chi connectivity index (χ2n) is 5.63. The van der Waals surface area contributed by atoms with Gasteiger partial charge in [0.1, 0.15) is 0 Å². The van der Waals surface area contributed by atoms with Gasteiger partial charge in [0.05, 0.1) is 0 Å². The molecule has 0 saturated heterocycles. The molecule has 94 valence electrons. The minimum absolute atomic E-state index is 0.714. The van der Waals surface area contributed by atoms with Crippen LogP contribution >= 0.6 is 0 Å². The van der Waals surface area contributed by atoms with Crippen molar-refractivity contribution in [1.82, 2.24) is 5.32 Å². The van der Waals surface area contributed by atoms with Crippen molar-refractivity contribution in [3.05, 3.63) is 34.9 Å². The van der Waals surface area contributed by atoms with Gasteiger partial charge in [-0.25, -0.2) is 0 Å². The van der Waals surface area contributed by atoms with Gasteiger partial charge in [0.25, 0.3) is 0 Å². The molecule has 1 fully saturated rings. The van der Waals surface area contributed by atoms with Gasteiger partial charge in [0.15, 0.2) is 0 Å². The van der Waals surface area contributed by atoms with E-state index in [1.807, 2.05) is 0 Å². The van der Waals surface area contributed by atoms with Crippen molar-refractivity contribution in [3.8, 4) is 0 Å². The lowest BCUT2D eigenvalue weighted by Gasteiger charge is -2.22. The number of aryl methyl sites for hydroxylation is 2. The second kappa shape index (κ2) is 5.22. The third kappa shape index (κ3) is 2.71. The first-order chi connectivity index (χ1) is 8.11. The Morgan fingerprint density at radius 1 is 1.12 bits per heavy atom. The predicted octanol–water partition coefficient (Wildman–Crippen LogP) is 3.80. The molecule has 1 nitrogen and oxygen atoms in total. The summed E-state index contributed by atoms with van der Waals surface area (Å²) in [5.41, 5.74) is 4.36. The van der Waals surface area contributed by atoms with Crippen LogP contribution in [0.4, 0.5) is 0 Å². The van der Waals surface area contributed by atoms with Crippen molar-refractivity contribution in [2.45, 2.75) is 52.5 Å². The molecule has 1 N–H and O–H groups in total. The maximum atomic E-state index is 3.62. The topological polar surface area (TPSA) is 12.0 Å². The molecule has 0 spiro atoms. The molecule has 17 heavy (non-hydrogen) atoms. The Balaban J connectivity index is 2.18. The van der Waals surface area contributed by atoms with Gasteiger partial charge in [-0.05, 0) is 50.6 Å². The Bertz CT molecular complexity index is 363. The van der Waals surface area contributed by atoms with Crippen LogP contribution in [0.2, 0.25) is 0 Å². The highest BCUT2D eigenvalue weighted by atomic mass is 14.9. The summed E-state index contributed by atoms with van der Waals surface area (Å²) in [6, 6.07) is 7.74. The molecule has 1 aliphatic carbocycles. The lowest BCUT2D eigenvalue weighted by molar-refractivity contribution is 0.412. The zero-order valence-electron chi connectivity index (χ0n) is 11.6. The van der Waals surface area contributed by atoms with E-state index >= 15 is 0 Å². The summed E-state index contributed by atoms with van der Waals surface area (Å²) in [5.74, 6) is 1.51. The average Bonchev–Trinajstić information content (AvgIpc) is 2.60. The van der Waals surface area contributed by atoms with E-state index in [0.717, 1.165) is 18.4 Å². The number of rotatable bonds is 3. The summed E-state index contributed by atoms with van der Waals surface area (Å²) in [6.45, 7) is 10.1. The summed E-state index contributed by atoms with van der Waals surface area (Å²) in [7, 11) is 0. The van der Waals surface area contributed by atoms with Crippen LogP contribution in [0.3, 0.4) is 0 Å². The number of hydrogen-bond acceptors (Lipinski definition) is 1. The van der Waals surface area contributed by atoms with Gasteiger partial charge in [-0.1, -0.05) is 43.2 Å². The number of hydrogen-bond donors (Lipinski definition) is 1. The normalized spacial score (nSPS) is 28.6. The third-order valence-corrected chi connectivity index (χ3v) is 4.20. The van der Waals surface area contributed by atoms with E-state index in [1.54, 1.807) is 5.56 Å². The van der Waals surface area contributed by atoms with E-state index in [1.165, 1.54) is 24.0 Å². The summed E-state index contributed by atoms with van der Waals surface area (Å²) < 4.78 is 0. The van der Waals surface area contributed by atoms with Crippen LogP contribution in [-0.2, 0) is 0 Å². The zero-order chi connectivity index (χ0) is 12.4. The van der Waals surface area contributed by atoms with E-state index in [-0.39, 0.29) is 0 Å². The maximum absolute atomic E-state index is 3.62. The van der Waals surface area contributed by atoms with Crippen molar-refractivity contribution in [2.75, 3.05) is 6.54 Å². The molecule has 1 saturated carbocycles. The van der Waals surface area contributed by atoms with Gasteiger partial charge in [0.2, 0.25) is 0 Å². The van der Waals surface area contributed by atoms with Crippen molar-refractivity contribution < 1.29 is 0 Å². The van der Waals surface area contributed by atoms with Crippen molar-refractivity contribution in [2.24, 2.45) is 5.92 Å². The van der Waals surface area contributed by atoms with Gasteiger partial charge in [0, 0.05) is 6.04 Å². The van der Waals surface area contributed by atoms with Gasteiger partial charge < -0.3 is 5.32 Å². The zero-order valence-corrected chi connectivity index (χ0v) is 11.6. The Hall–Kier alpha value is -0.820. The molecular formula is C16H25N. The van der Waals surface area contributed by atoms with E-state index in [2.05, 4.69) is 51.2 Å². The van der Waals surface area contributed by atoms with Crippen LogP contribution in [0, 0.1) is 19.8 Å². The first kappa shape index (κ1) is 12.6. The molecule has 3 atom stereocenters. The Kier molecular flexibility index (Phi) is 3.88. The highest BCUT2D eigenvalue weighted by Crippen LogP contribution is 2.40. The summed E-state index contributed by atoms with van der Waals surface area (Å²) in [6.07, 6.45) is 2.66. The Labute approximate surface area is 106 Å². The van der Waals surface area contributed by atoms with Gasteiger partial charge >= 0.3 is 0 Å². The van der Waals surface area contributed by atoms with E-state index < -0.39 is 0 Å². The smallest absolute Gasteiger partial charge is 0.00986 e. The molecule has 0 heterocycles. The lowest BCUT2D eigenvalue weighted by Crippen LogP contribution is -2.32. The largest absolute Gasteiger partial charge is 0.314 e. The molecule has 0 bridgehead atoms.